The van der Waals surface area contributed by atoms with E-state index in [9.17, 15) is 14.0 Å². The van der Waals surface area contributed by atoms with Gasteiger partial charge in [0.1, 0.15) is 12.4 Å². The van der Waals surface area contributed by atoms with E-state index in [0.717, 1.165) is 17.4 Å². The number of carbonyl (C=O) groups is 1. The van der Waals surface area contributed by atoms with Gasteiger partial charge in [0.05, 0.1) is 12.1 Å². The zero-order chi connectivity index (χ0) is 15.2. The van der Waals surface area contributed by atoms with Crippen LogP contribution in [0.25, 0.3) is 0 Å². The van der Waals surface area contributed by atoms with Crippen LogP contribution < -0.4 is 10.2 Å². The molecular formula is C14H11FN2O3S. The van der Waals surface area contributed by atoms with Crippen molar-refractivity contribution in [2.75, 3.05) is 6.61 Å². The lowest BCUT2D eigenvalue weighted by atomic mass is 10.1. The minimum absolute atomic E-state index is 0.0773. The second kappa shape index (κ2) is 6.83. The van der Waals surface area contributed by atoms with Crippen LogP contribution in [-0.2, 0) is 6.54 Å². The Labute approximate surface area is 123 Å². The van der Waals surface area contributed by atoms with Gasteiger partial charge < -0.3 is 15.4 Å². The van der Waals surface area contributed by atoms with Crippen molar-refractivity contribution in [1.82, 2.24) is 10.3 Å². The molecule has 0 radical (unpaired) electrons. The number of H-pyrrole nitrogens is 1. The molecule has 0 aliphatic carbocycles. The number of thiazole rings is 1. The maximum atomic E-state index is 13.3. The van der Waals surface area contributed by atoms with Gasteiger partial charge in [0.2, 0.25) is 0 Å². The summed E-state index contributed by atoms with van der Waals surface area (Å²) < 4.78 is 13.3. The van der Waals surface area contributed by atoms with E-state index in [-0.39, 0.29) is 23.6 Å². The van der Waals surface area contributed by atoms with Crippen molar-refractivity contribution in [2.24, 2.45) is 0 Å². The number of aliphatic hydroxyl groups excluding tert-OH is 1. The van der Waals surface area contributed by atoms with Crippen LogP contribution in [-0.4, -0.2) is 22.6 Å². The van der Waals surface area contributed by atoms with E-state index in [4.69, 9.17) is 5.11 Å². The molecule has 1 aromatic heterocycles. The third-order valence-electron chi connectivity index (χ3n) is 2.54. The van der Waals surface area contributed by atoms with Gasteiger partial charge in [-0.05, 0) is 18.2 Å². The van der Waals surface area contributed by atoms with Crippen molar-refractivity contribution in [1.29, 1.82) is 0 Å². The number of carbonyl (C=O) groups excluding carboxylic acids is 1. The summed E-state index contributed by atoms with van der Waals surface area (Å²) in [6.45, 7) is -0.227. The van der Waals surface area contributed by atoms with Gasteiger partial charge in [-0.1, -0.05) is 23.2 Å². The average Bonchev–Trinajstić information content (AvgIpc) is 2.89. The van der Waals surface area contributed by atoms with Crippen molar-refractivity contribution in [3.8, 4) is 11.8 Å². The molecule has 0 saturated heterocycles. The predicted octanol–water partition coefficient (Wildman–Crippen LogP) is 0.849. The van der Waals surface area contributed by atoms with Crippen LogP contribution in [0.1, 0.15) is 21.6 Å². The summed E-state index contributed by atoms with van der Waals surface area (Å²) in [5, 5.41) is 12.9. The van der Waals surface area contributed by atoms with Crippen molar-refractivity contribution < 1.29 is 14.3 Å². The summed E-state index contributed by atoms with van der Waals surface area (Å²) in [5.74, 6) is 3.94. The lowest BCUT2D eigenvalue weighted by Crippen LogP contribution is -2.24. The van der Waals surface area contributed by atoms with Gasteiger partial charge in [-0.15, -0.1) is 0 Å². The first-order valence-electron chi connectivity index (χ1n) is 5.94. The number of rotatable bonds is 3. The first kappa shape index (κ1) is 15.0. The van der Waals surface area contributed by atoms with Crippen LogP contribution in [0.3, 0.4) is 0 Å². The minimum atomic E-state index is -0.557. The Morgan fingerprint density at radius 3 is 2.95 bits per heavy atom. The molecule has 7 heteroatoms. The summed E-state index contributed by atoms with van der Waals surface area (Å²) in [6.07, 6.45) is 0. The van der Waals surface area contributed by atoms with E-state index < -0.39 is 11.7 Å². The standard InChI is InChI=1S/C14H11FN2O3S/c15-10-4-3-9(2-1-5-18)12(6-10)13(19)16-7-11-8-21-14(20)17-11/h3-4,6,8,18H,5,7H2,(H,16,19)(H,17,20). The van der Waals surface area contributed by atoms with Gasteiger partial charge >= 0.3 is 4.87 Å². The number of hydrogen-bond donors (Lipinski definition) is 3. The molecular weight excluding hydrogens is 295 g/mol. The molecule has 0 saturated carbocycles. The van der Waals surface area contributed by atoms with E-state index in [1.807, 2.05) is 0 Å². The molecule has 1 amide bonds. The van der Waals surface area contributed by atoms with Gasteiger partial charge in [-0.2, -0.15) is 0 Å². The summed E-state index contributed by atoms with van der Waals surface area (Å²) in [7, 11) is 0. The molecule has 0 aliphatic rings. The number of aromatic amines is 1. The Balaban J connectivity index is 2.17. The molecule has 2 rings (SSSR count). The molecule has 5 nitrogen and oxygen atoms in total. The average molecular weight is 306 g/mol. The Bertz CT molecular complexity index is 770. The summed E-state index contributed by atoms with van der Waals surface area (Å²) >= 11 is 0.996. The highest BCUT2D eigenvalue weighted by atomic mass is 32.1. The Morgan fingerprint density at radius 2 is 2.29 bits per heavy atom. The number of halogens is 1. The monoisotopic (exact) mass is 306 g/mol. The summed E-state index contributed by atoms with van der Waals surface area (Å²) in [6, 6.07) is 3.64. The Hall–Kier alpha value is -2.43. The van der Waals surface area contributed by atoms with E-state index in [0.29, 0.717) is 11.3 Å². The first-order chi connectivity index (χ1) is 10.1. The van der Waals surface area contributed by atoms with Crippen LogP contribution in [0, 0.1) is 17.7 Å². The molecule has 3 N–H and O–H groups in total. The number of nitrogens with one attached hydrogen (secondary N) is 2. The molecule has 0 aliphatic heterocycles. The maximum Gasteiger partial charge on any atom is 0.304 e. The number of hydrogen-bond acceptors (Lipinski definition) is 4. The highest BCUT2D eigenvalue weighted by Gasteiger charge is 2.11. The van der Waals surface area contributed by atoms with Crippen LogP contribution >= 0.6 is 11.3 Å². The van der Waals surface area contributed by atoms with E-state index in [1.54, 1.807) is 5.38 Å². The van der Waals surface area contributed by atoms with Gasteiger partial charge in [-0.25, -0.2) is 4.39 Å². The third-order valence-corrected chi connectivity index (χ3v) is 3.26. The van der Waals surface area contributed by atoms with Gasteiger partial charge in [0.25, 0.3) is 5.91 Å². The normalized spacial score (nSPS) is 9.81. The van der Waals surface area contributed by atoms with Crippen molar-refractivity contribution in [3.05, 3.63) is 55.9 Å². The number of amides is 1. The van der Waals surface area contributed by atoms with Gasteiger partial charge in [0.15, 0.2) is 0 Å². The summed E-state index contributed by atoms with van der Waals surface area (Å²) in [4.78, 5) is 25.4. The fraction of sp³-hybridized carbons (Fsp3) is 0.143. The van der Waals surface area contributed by atoms with Gasteiger partial charge in [0, 0.05) is 16.6 Å². The fourth-order valence-corrected chi connectivity index (χ4v) is 2.20. The third kappa shape index (κ3) is 4.02. The molecule has 0 atom stereocenters. The molecule has 0 fully saturated rings. The highest BCUT2D eigenvalue weighted by molar-refractivity contribution is 7.07. The van der Waals surface area contributed by atoms with Crippen molar-refractivity contribution >= 4 is 17.2 Å². The van der Waals surface area contributed by atoms with Gasteiger partial charge in [-0.3, -0.25) is 9.59 Å². The van der Waals surface area contributed by atoms with Crippen LogP contribution in [0.2, 0.25) is 0 Å². The first-order valence-corrected chi connectivity index (χ1v) is 6.82. The van der Waals surface area contributed by atoms with Crippen LogP contribution in [0.5, 0.6) is 0 Å². The molecule has 1 heterocycles. The second-order valence-electron chi connectivity index (χ2n) is 4.01. The van der Waals surface area contributed by atoms with Crippen LogP contribution in [0.4, 0.5) is 4.39 Å². The summed E-state index contributed by atoms with van der Waals surface area (Å²) in [5.41, 5.74) is 0.966. The lowest BCUT2D eigenvalue weighted by Gasteiger charge is -2.06. The fourth-order valence-electron chi connectivity index (χ4n) is 1.62. The SMILES string of the molecule is O=C(NCc1csc(=O)[nH]1)c1cc(F)ccc1C#CCO. The topological polar surface area (TPSA) is 82.2 Å². The van der Waals surface area contributed by atoms with E-state index >= 15 is 0 Å². The number of benzene rings is 1. The number of aromatic nitrogens is 1. The molecule has 0 unspecified atom stereocenters. The van der Waals surface area contributed by atoms with Crippen molar-refractivity contribution in [2.45, 2.75) is 6.54 Å². The lowest BCUT2D eigenvalue weighted by molar-refractivity contribution is 0.0949. The molecule has 2 aromatic rings. The zero-order valence-corrected chi connectivity index (χ0v) is 11.6. The largest absolute Gasteiger partial charge is 0.384 e. The quantitative estimate of drug-likeness (QED) is 0.735. The molecule has 0 spiro atoms. The highest BCUT2D eigenvalue weighted by Crippen LogP contribution is 2.11. The molecule has 108 valence electrons. The second-order valence-corrected chi connectivity index (χ2v) is 4.85. The number of aliphatic hydroxyl groups is 1. The zero-order valence-electron chi connectivity index (χ0n) is 10.8. The van der Waals surface area contributed by atoms with E-state index in [1.165, 1.54) is 12.1 Å². The Kier molecular flexibility index (Phi) is 4.87. The minimum Gasteiger partial charge on any atom is -0.384 e. The molecule has 21 heavy (non-hydrogen) atoms. The molecule has 0 bridgehead atoms. The van der Waals surface area contributed by atoms with Crippen LogP contribution in [0.15, 0.2) is 28.4 Å². The smallest absolute Gasteiger partial charge is 0.304 e. The maximum absolute atomic E-state index is 13.3. The molecule has 1 aromatic carbocycles. The Morgan fingerprint density at radius 1 is 1.48 bits per heavy atom. The van der Waals surface area contributed by atoms with E-state index in [2.05, 4.69) is 22.1 Å². The predicted molar refractivity (Wildman–Crippen MR) is 76.5 cm³/mol. The van der Waals surface area contributed by atoms with Crippen molar-refractivity contribution in [3.63, 3.8) is 0 Å².